The van der Waals surface area contributed by atoms with Crippen LogP contribution < -0.4 is 9.80 Å². The predicted molar refractivity (Wildman–Crippen MR) is 105 cm³/mol. The summed E-state index contributed by atoms with van der Waals surface area (Å²) in [5, 5.41) is 29.3. The molecule has 2 aromatic rings. The first-order chi connectivity index (χ1) is 13.6. The van der Waals surface area contributed by atoms with E-state index in [0.29, 0.717) is 11.3 Å². The molecule has 1 aliphatic heterocycles. The van der Waals surface area contributed by atoms with Crippen molar-refractivity contribution in [1.29, 1.82) is 10.5 Å². The van der Waals surface area contributed by atoms with Crippen LogP contribution in [0.4, 0.5) is 11.4 Å². The highest BCUT2D eigenvalue weighted by atomic mass is 16.6. The molecular formula is C21H20N5O2+. The lowest BCUT2D eigenvalue weighted by Crippen LogP contribution is -3.13. The average molecular weight is 374 g/mol. The topological polar surface area (TPSA) is 98.4 Å². The standard InChI is InChI=1S/C21H19N5O2/c22-14-19(15-23)12-18-6-7-20(21(13-18)26(27)28)25-10-8-24(9-11-25)16-17-4-2-1-3-5-17/h1-7,12-13H,8-11,16H2/p+1. The van der Waals surface area contributed by atoms with Crippen LogP contribution in [0.25, 0.3) is 6.08 Å². The summed E-state index contributed by atoms with van der Waals surface area (Å²) in [7, 11) is 0. The number of nitriles is 2. The molecule has 1 aliphatic rings. The Labute approximate surface area is 163 Å². The number of hydrogen-bond acceptors (Lipinski definition) is 5. The fourth-order valence-electron chi connectivity index (χ4n) is 3.43. The molecule has 140 valence electrons. The molecule has 1 N–H and O–H groups in total. The minimum Gasteiger partial charge on any atom is -0.355 e. The number of anilines is 1. The van der Waals surface area contributed by atoms with E-state index in [-0.39, 0.29) is 11.3 Å². The monoisotopic (exact) mass is 374 g/mol. The van der Waals surface area contributed by atoms with E-state index >= 15 is 0 Å². The third-order valence-electron chi connectivity index (χ3n) is 4.86. The van der Waals surface area contributed by atoms with Crippen LogP contribution in [0.5, 0.6) is 0 Å². The summed E-state index contributed by atoms with van der Waals surface area (Å²) in [5.41, 5.74) is 2.26. The second-order valence-electron chi connectivity index (χ2n) is 6.69. The molecule has 0 aromatic heterocycles. The van der Waals surface area contributed by atoms with Gasteiger partial charge in [-0.15, -0.1) is 0 Å². The van der Waals surface area contributed by atoms with Gasteiger partial charge in [0.15, 0.2) is 0 Å². The Morgan fingerprint density at radius 3 is 2.43 bits per heavy atom. The van der Waals surface area contributed by atoms with Crippen molar-refractivity contribution in [2.45, 2.75) is 6.54 Å². The van der Waals surface area contributed by atoms with Crippen LogP contribution in [-0.4, -0.2) is 31.1 Å². The summed E-state index contributed by atoms with van der Waals surface area (Å²) in [4.78, 5) is 14.7. The zero-order valence-corrected chi connectivity index (χ0v) is 15.3. The molecule has 0 spiro atoms. The Bertz CT molecular complexity index is 949. The molecule has 0 radical (unpaired) electrons. The van der Waals surface area contributed by atoms with Gasteiger partial charge >= 0.3 is 0 Å². The average Bonchev–Trinajstić information content (AvgIpc) is 2.73. The van der Waals surface area contributed by atoms with Crippen LogP contribution in [0.3, 0.4) is 0 Å². The highest BCUT2D eigenvalue weighted by Crippen LogP contribution is 2.30. The number of allylic oxidation sites excluding steroid dienone is 1. The van der Waals surface area contributed by atoms with Gasteiger partial charge in [-0.1, -0.05) is 36.4 Å². The Hall–Kier alpha value is -3.68. The van der Waals surface area contributed by atoms with Crippen molar-refractivity contribution >= 4 is 17.5 Å². The van der Waals surface area contributed by atoms with E-state index < -0.39 is 4.92 Å². The highest BCUT2D eigenvalue weighted by molar-refractivity contribution is 5.71. The molecule has 0 atom stereocenters. The number of piperazine rings is 1. The van der Waals surface area contributed by atoms with Gasteiger partial charge in [-0.05, 0) is 17.7 Å². The van der Waals surface area contributed by atoms with Gasteiger partial charge < -0.3 is 9.80 Å². The number of nitro groups is 1. The Morgan fingerprint density at radius 1 is 1.14 bits per heavy atom. The van der Waals surface area contributed by atoms with Gasteiger partial charge in [-0.3, -0.25) is 10.1 Å². The van der Waals surface area contributed by atoms with Crippen LogP contribution >= 0.6 is 0 Å². The van der Waals surface area contributed by atoms with E-state index in [4.69, 9.17) is 10.5 Å². The minimum absolute atomic E-state index is 0.00418. The molecule has 1 fully saturated rings. The molecule has 0 bridgehead atoms. The Balaban J connectivity index is 1.74. The number of nitrogens with one attached hydrogen (secondary N) is 1. The smallest absolute Gasteiger partial charge is 0.293 e. The number of benzene rings is 2. The van der Waals surface area contributed by atoms with Gasteiger partial charge in [0.2, 0.25) is 0 Å². The quantitative estimate of drug-likeness (QED) is 0.490. The maximum atomic E-state index is 11.6. The van der Waals surface area contributed by atoms with Crippen molar-refractivity contribution in [3.8, 4) is 12.1 Å². The summed E-state index contributed by atoms with van der Waals surface area (Å²) >= 11 is 0. The van der Waals surface area contributed by atoms with Crippen molar-refractivity contribution in [3.63, 3.8) is 0 Å². The molecule has 0 amide bonds. The van der Waals surface area contributed by atoms with E-state index in [1.807, 2.05) is 23.1 Å². The van der Waals surface area contributed by atoms with Crippen molar-refractivity contribution < 1.29 is 9.82 Å². The number of nitrogens with zero attached hydrogens (tertiary/aromatic N) is 4. The predicted octanol–water partition coefficient (Wildman–Crippen LogP) is 1.93. The lowest BCUT2D eigenvalue weighted by Gasteiger charge is -2.33. The fourth-order valence-corrected chi connectivity index (χ4v) is 3.43. The highest BCUT2D eigenvalue weighted by Gasteiger charge is 2.25. The van der Waals surface area contributed by atoms with Gasteiger partial charge in [-0.2, -0.15) is 10.5 Å². The number of nitro benzene ring substituents is 1. The molecule has 0 saturated carbocycles. The van der Waals surface area contributed by atoms with E-state index in [9.17, 15) is 10.1 Å². The largest absolute Gasteiger partial charge is 0.355 e. The van der Waals surface area contributed by atoms with Crippen LogP contribution in [-0.2, 0) is 6.54 Å². The Morgan fingerprint density at radius 2 is 1.82 bits per heavy atom. The molecule has 1 saturated heterocycles. The first-order valence-corrected chi connectivity index (χ1v) is 9.03. The lowest BCUT2D eigenvalue weighted by molar-refractivity contribution is -0.914. The maximum absolute atomic E-state index is 11.6. The van der Waals surface area contributed by atoms with E-state index in [1.165, 1.54) is 22.6 Å². The first kappa shape index (κ1) is 19.1. The number of hydrogen-bond donors (Lipinski definition) is 1. The van der Waals surface area contributed by atoms with E-state index in [1.54, 1.807) is 24.3 Å². The van der Waals surface area contributed by atoms with Crippen LogP contribution in [0.15, 0.2) is 54.1 Å². The van der Waals surface area contributed by atoms with Crippen LogP contribution in [0, 0.1) is 32.8 Å². The van der Waals surface area contributed by atoms with Crippen molar-refractivity contribution in [3.05, 3.63) is 75.3 Å². The molecule has 0 unspecified atom stereocenters. The lowest BCUT2D eigenvalue weighted by atomic mass is 10.1. The van der Waals surface area contributed by atoms with Gasteiger partial charge in [0, 0.05) is 11.6 Å². The third-order valence-corrected chi connectivity index (χ3v) is 4.86. The van der Waals surface area contributed by atoms with Crippen molar-refractivity contribution in [2.75, 3.05) is 31.1 Å². The normalized spacial score (nSPS) is 14.0. The number of rotatable bonds is 5. The summed E-state index contributed by atoms with van der Waals surface area (Å²) in [6.45, 7) is 4.23. The summed E-state index contributed by atoms with van der Waals surface area (Å²) in [5.74, 6) is 0. The van der Waals surface area contributed by atoms with Gasteiger partial charge in [0.1, 0.15) is 29.9 Å². The molecule has 7 heteroatoms. The van der Waals surface area contributed by atoms with Crippen molar-refractivity contribution in [2.24, 2.45) is 0 Å². The first-order valence-electron chi connectivity index (χ1n) is 9.03. The molecule has 2 aromatic carbocycles. The zero-order chi connectivity index (χ0) is 19.9. The summed E-state index contributed by atoms with van der Waals surface area (Å²) in [6.07, 6.45) is 1.36. The fraction of sp³-hybridized carbons (Fsp3) is 0.238. The van der Waals surface area contributed by atoms with Crippen LogP contribution in [0.2, 0.25) is 0 Å². The molecule has 0 aliphatic carbocycles. The third kappa shape index (κ3) is 4.53. The Kier molecular flexibility index (Phi) is 6.01. The molecule has 7 nitrogen and oxygen atoms in total. The molecule has 3 rings (SSSR count). The second-order valence-corrected chi connectivity index (χ2v) is 6.69. The van der Waals surface area contributed by atoms with Gasteiger partial charge in [0.25, 0.3) is 5.69 Å². The van der Waals surface area contributed by atoms with Gasteiger partial charge in [-0.25, -0.2) is 0 Å². The SMILES string of the molecule is N#CC(C#N)=Cc1ccc(N2CC[NH+](Cc3ccccc3)CC2)c([N+](=O)[O-])c1. The number of quaternary nitrogens is 1. The zero-order valence-electron chi connectivity index (χ0n) is 15.3. The molecular weight excluding hydrogens is 354 g/mol. The summed E-state index contributed by atoms with van der Waals surface area (Å²) < 4.78 is 0. The van der Waals surface area contributed by atoms with Crippen molar-refractivity contribution in [1.82, 2.24) is 0 Å². The summed E-state index contributed by atoms with van der Waals surface area (Å²) in [6, 6.07) is 18.7. The van der Waals surface area contributed by atoms with Gasteiger partial charge in [0.05, 0.1) is 31.1 Å². The molecule has 1 heterocycles. The van der Waals surface area contributed by atoms with Crippen LogP contribution in [0.1, 0.15) is 11.1 Å². The van der Waals surface area contributed by atoms with E-state index in [2.05, 4.69) is 12.1 Å². The minimum atomic E-state index is -0.408. The second kappa shape index (κ2) is 8.81. The maximum Gasteiger partial charge on any atom is 0.293 e. The van der Waals surface area contributed by atoms with E-state index in [0.717, 1.165) is 32.7 Å². The molecule has 28 heavy (non-hydrogen) atoms.